The fraction of sp³-hybridized carbons (Fsp3) is 0.462. The molecule has 0 aromatic heterocycles. The SMILES string of the molecule is COc1ccc(CN2CCC(Oc3ccc(C(=O)N4CCN(C(C)=O)CC4)cc3)CC2)cc1. The number of rotatable bonds is 6. The van der Waals surface area contributed by atoms with E-state index in [1.165, 1.54) is 5.56 Å². The lowest BCUT2D eigenvalue weighted by atomic mass is 10.1. The van der Waals surface area contributed by atoms with Crippen LogP contribution in [0.15, 0.2) is 48.5 Å². The molecule has 2 amide bonds. The van der Waals surface area contributed by atoms with Crippen molar-refractivity contribution in [3.63, 3.8) is 0 Å². The van der Waals surface area contributed by atoms with Crippen molar-refractivity contribution in [1.82, 2.24) is 14.7 Å². The second kappa shape index (κ2) is 10.7. The van der Waals surface area contributed by atoms with Gasteiger partial charge < -0.3 is 19.3 Å². The molecule has 0 radical (unpaired) electrons. The zero-order valence-corrected chi connectivity index (χ0v) is 19.5. The Labute approximate surface area is 195 Å². The fourth-order valence-corrected chi connectivity index (χ4v) is 4.45. The van der Waals surface area contributed by atoms with Crippen molar-refractivity contribution in [3.8, 4) is 11.5 Å². The van der Waals surface area contributed by atoms with Crippen molar-refractivity contribution in [2.75, 3.05) is 46.4 Å². The van der Waals surface area contributed by atoms with E-state index in [4.69, 9.17) is 9.47 Å². The van der Waals surface area contributed by atoms with E-state index in [2.05, 4.69) is 17.0 Å². The maximum Gasteiger partial charge on any atom is 0.253 e. The van der Waals surface area contributed by atoms with E-state index in [0.29, 0.717) is 31.7 Å². The van der Waals surface area contributed by atoms with Crippen molar-refractivity contribution in [3.05, 3.63) is 59.7 Å². The molecule has 0 saturated carbocycles. The van der Waals surface area contributed by atoms with Crippen LogP contribution in [0.2, 0.25) is 0 Å². The van der Waals surface area contributed by atoms with Gasteiger partial charge in [0.25, 0.3) is 5.91 Å². The number of carbonyl (C=O) groups excluding carboxylic acids is 2. The van der Waals surface area contributed by atoms with Crippen molar-refractivity contribution < 1.29 is 19.1 Å². The van der Waals surface area contributed by atoms with Crippen molar-refractivity contribution >= 4 is 11.8 Å². The van der Waals surface area contributed by atoms with E-state index in [9.17, 15) is 9.59 Å². The van der Waals surface area contributed by atoms with Crippen LogP contribution in [0.3, 0.4) is 0 Å². The molecule has 7 heteroatoms. The van der Waals surface area contributed by atoms with E-state index in [1.807, 2.05) is 41.3 Å². The van der Waals surface area contributed by atoms with Crippen LogP contribution in [-0.4, -0.2) is 79.0 Å². The average Bonchev–Trinajstić information content (AvgIpc) is 2.86. The van der Waals surface area contributed by atoms with Gasteiger partial charge >= 0.3 is 0 Å². The molecule has 2 aliphatic rings. The van der Waals surface area contributed by atoms with E-state index < -0.39 is 0 Å². The molecule has 33 heavy (non-hydrogen) atoms. The van der Waals surface area contributed by atoms with Gasteiger partial charge in [0.15, 0.2) is 0 Å². The first-order chi connectivity index (χ1) is 16.0. The lowest BCUT2D eigenvalue weighted by Crippen LogP contribution is -2.50. The molecule has 0 bridgehead atoms. The highest BCUT2D eigenvalue weighted by molar-refractivity contribution is 5.94. The molecule has 0 spiro atoms. The number of carbonyl (C=O) groups is 2. The second-order valence-electron chi connectivity index (χ2n) is 8.76. The number of piperidine rings is 1. The largest absolute Gasteiger partial charge is 0.497 e. The van der Waals surface area contributed by atoms with Gasteiger partial charge in [0.2, 0.25) is 5.91 Å². The Bertz CT molecular complexity index is 929. The average molecular weight is 452 g/mol. The highest BCUT2D eigenvalue weighted by atomic mass is 16.5. The lowest BCUT2D eigenvalue weighted by molar-refractivity contribution is -0.130. The van der Waals surface area contributed by atoms with Crippen molar-refractivity contribution in [1.29, 1.82) is 0 Å². The van der Waals surface area contributed by atoms with Gasteiger partial charge in [-0.2, -0.15) is 0 Å². The Hall–Kier alpha value is -3.06. The number of amides is 2. The first kappa shape index (κ1) is 23.1. The minimum atomic E-state index is 0.0107. The predicted molar refractivity (Wildman–Crippen MR) is 127 cm³/mol. The number of likely N-dealkylation sites (tertiary alicyclic amines) is 1. The molecular formula is C26H33N3O4. The summed E-state index contributed by atoms with van der Waals surface area (Å²) in [6.45, 7) is 6.85. The first-order valence-corrected chi connectivity index (χ1v) is 11.7. The van der Waals surface area contributed by atoms with Crippen LogP contribution in [0.5, 0.6) is 11.5 Å². The number of ether oxygens (including phenoxy) is 2. The highest BCUT2D eigenvalue weighted by Crippen LogP contribution is 2.22. The van der Waals surface area contributed by atoms with Gasteiger partial charge in [-0.1, -0.05) is 12.1 Å². The molecule has 4 rings (SSSR count). The molecule has 7 nitrogen and oxygen atoms in total. The summed E-state index contributed by atoms with van der Waals surface area (Å²) >= 11 is 0. The standard InChI is InChI=1S/C26H33N3O4/c1-20(30)28-15-17-29(18-16-28)26(31)22-5-9-24(10-6-22)33-25-11-13-27(14-12-25)19-21-3-7-23(32-2)8-4-21/h3-10,25H,11-19H2,1-2H3. The molecule has 0 N–H and O–H groups in total. The minimum Gasteiger partial charge on any atom is -0.497 e. The highest BCUT2D eigenvalue weighted by Gasteiger charge is 2.24. The van der Waals surface area contributed by atoms with Gasteiger partial charge in [-0.25, -0.2) is 0 Å². The zero-order valence-electron chi connectivity index (χ0n) is 19.5. The molecule has 2 heterocycles. The number of piperazine rings is 1. The number of nitrogens with zero attached hydrogens (tertiary/aromatic N) is 3. The normalized spacial score (nSPS) is 17.6. The quantitative estimate of drug-likeness (QED) is 0.676. The molecular weight excluding hydrogens is 418 g/mol. The summed E-state index contributed by atoms with van der Waals surface area (Å²) in [4.78, 5) is 30.3. The third kappa shape index (κ3) is 6.05. The van der Waals surface area contributed by atoms with Crippen molar-refractivity contribution in [2.45, 2.75) is 32.4 Å². The molecule has 2 aliphatic heterocycles. The van der Waals surface area contributed by atoms with E-state index in [0.717, 1.165) is 44.0 Å². The number of benzene rings is 2. The predicted octanol–water partition coefficient (Wildman–Crippen LogP) is 3.04. The summed E-state index contributed by atoms with van der Waals surface area (Å²) in [5.74, 6) is 1.77. The van der Waals surface area contributed by atoms with Gasteiger partial charge in [0, 0.05) is 58.3 Å². The van der Waals surface area contributed by atoms with E-state index >= 15 is 0 Å². The monoisotopic (exact) mass is 451 g/mol. The third-order valence-corrected chi connectivity index (χ3v) is 6.52. The van der Waals surface area contributed by atoms with Crippen LogP contribution in [-0.2, 0) is 11.3 Å². The lowest BCUT2D eigenvalue weighted by Gasteiger charge is -2.34. The van der Waals surface area contributed by atoms with Crippen molar-refractivity contribution in [2.24, 2.45) is 0 Å². The number of hydrogen-bond donors (Lipinski definition) is 0. The minimum absolute atomic E-state index is 0.0107. The summed E-state index contributed by atoms with van der Waals surface area (Å²) in [5.41, 5.74) is 1.95. The number of hydrogen-bond acceptors (Lipinski definition) is 5. The Morgan fingerprint density at radius 1 is 0.818 bits per heavy atom. The van der Waals surface area contributed by atoms with Gasteiger partial charge in [-0.15, -0.1) is 0 Å². The van der Waals surface area contributed by atoms with E-state index in [1.54, 1.807) is 18.9 Å². The summed E-state index contributed by atoms with van der Waals surface area (Å²) in [6.07, 6.45) is 2.16. The summed E-state index contributed by atoms with van der Waals surface area (Å²) in [6, 6.07) is 15.7. The maximum atomic E-state index is 12.8. The Morgan fingerprint density at radius 3 is 1.97 bits per heavy atom. The first-order valence-electron chi connectivity index (χ1n) is 11.7. The Morgan fingerprint density at radius 2 is 1.39 bits per heavy atom. The van der Waals surface area contributed by atoms with Crippen LogP contribution in [0.1, 0.15) is 35.7 Å². The third-order valence-electron chi connectivity index (χ3n) is 6.52. The van der Waals surface area contributed by atoms with Gasteiger partial charge in [0.05, 0.1) is 7.11 Å². The fourth-order valence-electron chi connectivity index (χ4n) is 4.45. The number of methoxy groups -OCH3 is 1. The summed E-state index contributed by atoms with van der Waals surface area (Å²) in [7, 11) is 1.68. The maximum absolute atomic E-state index is 12.8. The molecule has 0 aliphatic carbocycles. The van der Waals surface area contributed by atoms with E-state index in [-0.39, 0.29) is 17.9 Å². The molecule has 0 unspecified atom stereocenters. The van der Waals surface area contributed by atoms with Gasteiger partial charge in [0.1, 0.15) is 17.6 Å². The summed E-state index contributed by atoms with van der Waals surface area (Å²) < 4.78 is 11.4. The Balaban J connectivity index is 1.22. The van der Waals surface area contributed by atoms with Crippen LogP contribution < -0.4 is 9.47 Å². The molecule has 2 saturated heterocycles. The molecule has 2 aromatic carbocycles. The smallest absolute Gasteiger partial charge is 0.253 e. The molecule has 176 valence electrons. The van der Waals surface area contributed by atoms with Gasteiger partial charge in [-0.3, -0.25) is 14.5 Å². The molecule has 2 aromatic rings. The second-order valence-corrected chi connectivity index (χ2v) is 8.76. The van der Waals surface area contributed by atoms with Crippen LogP contribution >= 0.6 is 0 Å². The van der Waals surface area contributed by atoms with Crippen LogP contribution in [0.4, 0.5) is 0 Å². The van der Waals surface area contributed by atoms with Crippen LogP contribution in [0, 0.1) is 0 Å². The topological polar surface area (TPSA) is 62.3 Å². The zero-order chi connectivity index (χ0) is 23.2. The molecule has 0 atom stereocenters. The summed E-state index contributed by atoms with van der Waals surface area (Å²) in [5, 5.41) is 0. The van der Waals surface area contributed by atoms with Crippen LogP contribution in [0.25, 0.3) is 0 Å². The Kier molecular flexibility index (Phi) is 7.50. The van der Waals surface area contributed by atoms with Gasteiger partial charge in [-0.05, 0) is 54.8 Å². The molecule has 2 fully saturated rings.